The topological polar surface area (TPSA) is 58.3 Å². The molecule has 146 valence electrons. The monoisotopic (exact) mass is 453 g/mol. The molecule has 1 fully saturated rings. The molecule has 1 saturated heterocycles. The molecule has 0 saturated carbocycles. The second kappa shape index (κ2) is 6.55. The Morgan fingerprint density at radius 3 is 2.86 bits per heavy atom. The van der Waals surface area contributed by atoms with Crippen molar-refractivity contribution in [3.63, 3.8) is 0 Å². The van der Waals surface area contributed by atoms with Gasteiger partial charge in [-0.1, -0.05) is 22.0 Å². The lowest BCUT2D eigenvalue weighted by atomic mass is 9.82. The summed E-state index contributed by atoms with van der Waals surface area (Å²) in [5.74, 6) is -1.38. The number of benzene rings is 1. The van der Waals surface area contributed by atoms with E-state index in [1.165, 1.54) is 0 Å². The zero-order chi connectivity index (χ0) is 20.1. The molecule has 28 heavy (non-hydrogen) atoms. The zero-order valence-corrected chi connectivity index (χ0v) is 16.1. The van der Waals surface area contributed by atoms with Crippen molar-refractivity contribution in [1.82, 2.24) is 9.47 Å². The smallest absolute Gasteiger partial charge is 0.471 e. The van der Waals surface area contributed by atoms with Gasteiger partial charge < -0.3 is 14.2 Å². The van der Waals surface area contributed by atoms with Crippen LogP contribution in [0.3, 0.4) is 0 Å². The number of rotatable bonds is 1. The highest BCUT2D eigenvalue weighted by Gasteiger charge is 2.52. The third-order valence-electron chi connectivity index (χ3n) is 5.27. The maximum atomic E-state index is 12.9. The summed E-state index contributed by atoms with van der Waals surface area (Å²) in [5.41, 5.74) is 1.62. The Labute approximate surface area is 167 Å². The second-order valence-corrected chi connectivity index (χ2v) is 7.45. The molecule has 2 unspecified atom stereocenters. The van der Waals surface area contributed by atoms with Crippen LogP contribution in [0.1, 0.15) is 24.1 Å². The van der Waals surface area contributed by atoms with Crippen molar-refractivity contribution in [1.29, 1.82) is 5.26 Å². The minimum absolute atomic E-state index is 0.0344. The molecule has 0 radical (unpaired) electrons. The van der Waals surface area contributed by atoms with Gasteiger partial charge in [-0.3, -0.25) is 4.79 Å². The molecular formula is C19H15BrF3N3O2. The molecule has 1 amide bonds. The number of hydrogen-bond donors (Lipinski definition) is 0. The number of nitriles is 1. The van der Waals surface area contributed by atoms with Crippen LogP contribution >= 0.6 is 15.9 Å². The first-order valence-corrected chi connectivity index (χ1v) is 9.75. The highest BCUT2D eigenvalue weighted by molar-refractivity contribution is 9.08. The van der Waals surface area contributed by atoms with Gasteiger partial charge in [0.1, 0.15) is 11.8 Å². The Bertz CT molecular complexity index is 982. The van der Waals surface area contributed by atoms with E-state index in [9.17, 15) is 23.2 Å². The maximum absolute atomic E-state index is 12.9. The van der Waals surface area contributed by atoms with Gasteiger partial charge >= 0.3 is 12.1 Å². The molecule has 2 atom stereocenters. The Hall–Kier alpha value is -2.47. The summed E-state index contributed by atoms with van der Waals surface area (Å²) in [6, 6.07) is 10.1. The Morgan fingerprint density at radius 1 is 1.39 bits per heavy atom. The van der Waals surface area contributed by atoms with E-state index in [2.05, 4.69) is 15.9 Å². The van der Waals surface area contributed by atoms with Gasteiger partial charge in [0, 0.05) is 30.9 Å². The van der Waals surface area contributed by atoms with Crippen molar-refractivity contribution in [3.8, 4) is 17.5 Å². The SMILES string of the molecule is N#CC1CC2(CCN1C(=O)C(F)(F)F)Oc1cc(CBr)ccc1-n1cccc12. The maximum Gasteiger partial charge on any atom is 0.471 e. The fourth-order valence-corrected chi connectivity index (χ4v) is 4.32. The molecule has 1 aromatic carbocycles. The number of carbonyl (C=O) groups is 1. The summed E-state index contributed by atoms with van der Waals surface area (Å²) >= 11 is 3.40. The first-order chi connectivity index (χ1) is 13.3. The number of aromatic nitrogens is 1. The fourth-order valence-electron chi connectivity index (χ4n) is 3.98. The van der Waals surface area contributed by atoms with Crippen molar-refractivity contribution in [2.75, 3.05) is 6.54 Å². The van der Waals surface area contributed by atoms with E-state index in [0.717, 1.165) is 16.9 Å². The van der Waals surface area contributed by atoms with Crippen molar-refractivity contribution in [2.24, 2.45) is 0 Å². The molecule has 1 aromatic heterocycles. The van der Waals surface area contributed by atoms with Crippen molar-refractivity contribution in [2.45, 2.75) is 36.0 Å². The van der Waals surface area contributed by atoms with Crippen LogP contribution in [0.15, 0.2) is 36.5 Å². The zero-order valence-electron chi connectivity index (χ0n) is 14.5. The number of alkyl halides is 4. The number of halogens is 4. The number of fused-ring (bicyclic) bond motifs is 4. The minimum atomic E-state index is -5.01. The van der Waals surface area contributed by atoms with Gasteiger partial charge in [-0.15, -0.1) is 0 Å². The number of ether oxygens (including phenoxy) is 1. The number of carbonyl (C=O) groups excluding carboxylic acids is 1. The normalized spacial score (nSPS) is 23.5. The van der Waals surface area contributed by atoms with Crippen LogP contribution in [0.2, 0.25) is 0 Å². The first kappa shape index (κ1) is 18.9. The lowest BCUT2D eigenvalue weighted by molar-refractivity contribution is -0.190. The summed E-state index contributed by atoms with van der Waals surface area (Å²) in [6.07, 6.45) is -3.02. The number of piperidine rings is 1. The quantitative estimate of drug-likeness (QED) is 0.612. The molecule has 0 N–H and O–H groups in total. The lowest BCUT2D eigenvalue weighted by Gasteiger charge is -2.46. The summed E-state index contributed by atoms with van der Waals surface area (Å²) in [7, 11) is 0. The molecule has 5 nitrogen and oxygen atoms in total. The molecule has 9 heteroatoms. The van der Waals surface area contributed by atoms with E-state index < -0.39 is 23.7 Å². The van der Waals surface area contributed by atoms with Gasteiger partial charge in [0.05, 0.1) is 17.5 Å². The van der Waals surface area contributed by atoms with Crippen molar-refractivity contribution in [3.05, 3.63) is 47.8 Å². The highest BCUT2D eigenvalue weighted by atomic mass is 79.9. The van der Waals surface area contributed by atoms with Gasteiger partial charge in [0.15, 0.2) is 5.60 Å². The van der Waals surface area contributed by atoms with Crippen molar-refractivity contribution >= 4 is 21.8 Å². The Balaban J connectivity index is 1.73. The van der Waals surface area contributed by atoms with Crippen LogP contribution in [-0.2, 0) is 15.7 Å². The molecule has 4 rings (SSSR count). The van der Waals surface area contributed by atoms with Crippen LogP contribution < -0.4 is 4.74 Å². The third kappa shape index (κ3) is 2.87. The molecule has 3 heterocycles. The van der Waals surface area contributed by atoms with E-state index in [4.69, 9.17) is 4.74 Å². The van der Waals surface area contributed by atoms with E-state index in [1.54, 1.807) is 0 Å². The Morgan fingerprint density at radius 2 is 2.18 bits per heavy atom. The highest BCUT2D eigenvalue weighted by Crippen LogP contribution is 2.47. The van der Waals surface area contributed by atoms with Gasteiger partial charge in [0.2, 0.25) is 0 Å². The summed E-state index contributed by atoms with van der Waals surface area (Å²) < 4.78 is 47.0. The largest absolute Gasteiger partial charge is 0.479 e. The third-order valence-corrected chi connectivity index (χ3v) is 5.91. The van der Waals surface area contributed by atoms with E-state index in [0.29, 0.717) is 16.0 Å². The van der Waals surface area contributed by atoms with Gasteiger partial charge in [0.25, 0.3) is 0 Å². The van der Waals surface area contributed by atoms with E-state index in [1.807, 2.05) is 47.2 Å². The lowest BCUT2D eigenvalue weighted by Crippen LogP contribution is -2.56. The fraction of sp³-hybridized carbons (Fsp3) is 0.368. The first-order valence-electron chi connectivity index (χ1n) is 8.62. The van der Waals surface area contributed by atoms with Crippen LogP contribution in [0.4, 0.5) is 13.2 Å². The number of amides is 1. The second-order valence-electron chi connectivity index (χ2n) is 6.89. The van der Waals surface area contributed by atoms with Crippen molar-refractivity contribution < 1.29 is 22.7 Å². The molecule has 1 spiro atoms. The molecule has 2 aliphatic rings. The summed E-state index contributed by atoms with van der Waals surface area (Å²) in [4.78, 5) is 12.3. The number of likely N-dealkylation sites (tertiary alicyclic amines) is 1. The van der Waals surface area contributed by atoms with E-state index >= 15 is 0 Å². The van der Waals surface area contributed by atoms with Gasteiger partial charge in [-0.2, -0.15) is 18.4 Å². The standard InChI is InChI=1S/C19H15BrF3N3O2/c20-10-12-3-4-14-15(8-12)28-18(16-2-1-6-26(14)16)5-7-25(13(9-18)11-24)17(27)19(21,22)23/h1-4,6,8,13H,5,7,9-10H2. The number of hydrogen-bond acceptors (Lipinski definition) is 3. The van der Waals surface area contributed by atoms with Crippen LogP contribution in [0.5, 0.6) is 5.75 Å². The minimum Gasteiger partial charge on any atom is -0.479 e. The summed E-state index contributed by atoms with van der Waals surface area (Å²) in [6.45, 7) is -0.213. The van der Waals surface area contributed by atoms with Gasteiger partial charge in [-0.25, -0.2) is 0 Å². The van der Waals surface area contributed by atoms with Crippen LogP contribution in [-0.4, -0.2) is 34.1 Å². The predicted molar refractivity (Wildman–Crippen MR) is 97.1 cm³/mol. The van der Waals surface area contributed by atoms with Crippen LogP contribution in [0.25, 0.3) is 5.69 Å². The Kier molecular flexibility index (Phi) is 4.42. The summed E-state index contributed by atoms with van der Waals surface area (Å²) in [5, 5.41) is 10.1. The van der Waals surface area contributed by atoms with Crippen LogP contribution in [0, 0.1) is 11.3 Å². The number of nitrogens with zero attached hydrogens (tertiary/aromatic N) is 3. The average molecular weight is 454 g/mol. The molecular weight excluding hydrogens is 439 g/mol. The van der Waals surface area contributed by atoms with Gasteiger partial charge in [-0.05, 0) is 29.8 Å². The van der Waals surface area contributed by atoms with E-state index in [-0.39, 0.29) is 19.4 Å². The molecule has 0 aliphatic carbocycles. The molecule has 0 bridgehead atoms. The molecule has 2 aromatic rings. The predicted octanol–water partition coefficient (Wildman–Crippen LogP) is 4.04. The molecule has 2 aliphatic heterocycles. The average Bonchev–Trinajstić information content (AvgIpc) is 3.17.